The van der Waals surface area contributed by atoms with Gasteiger partial charge in [0.2, 0.25) is 0 Å². The summed E-state index contributed by atoms with van der Waals surface area (Å²) < 4.78 is 0. The van der Waals surface area contributed by atoms with Gasteiger partial charge in [-0.1, -0.05) is 36.2 Å². The minimum atomic E-state index is -0.681. The minimum absolute atomic E-state index is 0.0494. The number of piperidine rings is 1. The molecule has 2 aliphatic rings. The van der Waals surface area contributed by atoms with Crippen LogP contribution in [0.3, 0.4) is 0 Å². The number of carbonyl (C=O) groups excluding carboxylic acids is 2. The molecule has 1 saturated heterocycles. The summed E-state index contributed by atoms with van der Waals surface area (Å²) >= 11 is 6.13. The first kappa shape index (κ1) is 23.6. The van der Waals surface area contributed by atoms with Crippen LogP contribution in [0.25, 0.3) is 0 Å². The molecule has 2 aliphatic heterocycles. The van der Waals surface area contributed by atoms with Crippen molar-refractivity contribution in [2.75, 3.05) is 43.4 Å². The zero-order valence-corrected chi connectivity index (χ0v) is 20.3. The van der Waals surface area contributed by atoms with Crippen LogP contribution in [-0.4, -0.2) is 49.9 Å². The second kappa shape index (κ2) is 10.6. The predicted molar refractivity (Wildman–Crippen MR) is 134 cm³/mol. The highest BCUT2D eigenvalue weighted by molar-refractivity contribution is 6.39. The number of amides is 2. The van der Waals surface area contributed by atoms with Crippen LogP contribution in [0.1, 0.15) is 48.4 Å². The SMILES string of the molecule is Cc1ccc(NC(=O)C(=O)NC[C@H](c2ccc3c(c2)CCCN3C)N2CCCCC2)cc1Cl. The Hall–Kier alpha value is -2.57. The van der Waals surface area contributed by atoms with E-state index >= 15 is 0 Å². The first-order chi connectivity index (χ1) is 15.9. The first-order valence-corrected chi connectivity index (χ1v) is 12.2. The van der Waals surface area contributed by atoms with Gasteiger partial charge < -0.3 is 15.5 Å². The third kappa shape index (κ3) is 5.68. The molecule has 2 N–H and O–H groups in total. The van der Waals surface area contributed by atoms with Gasteiger partial charge in [0, 0.05) is 36.5 Å². The maximum Gasteiger partial charge on any atom is 0.313 e. The molecule has 2 aromatic carbocycles. The number of aryl methyl sites for hydroxylation is 2. The van der Waals surface area contributed by atoms with Crippen molar-refractivity contribution in [3.63, 3.8) is 0 Å². The lowest BCUT2D eigenvalue weighted by Crippen LogP contribution is -2.43. The number of fused-ring (bicyclic) bond motifs is 1. The summed E-state index contributed by atoms with van der Waals surface area (Å²) in [5.41, 5.74) is 5.29. The van der Waals surface area contributed by atoms with E-state index in [1.165, 1.54) is 23.2 Å². The molecule has 0 bridgehead atoms. The number of rotatable bonds is 5. The van der Waals surface area contributed by atoms with Crippen molar-refractivity contribution >= 4 is 34.8 Å². The number of nitrogens with one attached hydrogen (secondary N) is 2. The lowest BCUT2D eigenvalue weighted by Gasteiger charge is -2.36. The zero-order chi connectivity index (χ0) is 23.4. The summed E-state index contributed by atoms with van der Waals surface area (Å²) in [6.45, 7) is 5.38. The average Bonchev–Trinajstić information content (AvgIpc) is 2.82. The lowest BCUT2D eigenvalue weighted by atomic mass is 9.95. The highest BCUT2D eigenvalue weighted by atomic mass is 35.5. The molecule has 4 rings (SSSR count). The van der Waals surface area contributed by atoms with E-state index in [2.05, 4.69) is 45.7 Å². The molecular formula is C26H33ClN4O2. The van der Waals surface area contributed by atoms with Gasteiger partial charge in [0.05, 0.1) is 6.04 Å². The molecule has 176 valence electrons. The third-order valence-corrected chi connectivity index (χ3v) is 7.17. The Morgan fingerprint density at radius 1 is 1.00 bits per heavy atom. The number of likely N-dealkylation sites (tertiary alicyclic amines) is 1. The fraction of sp³-hybridized carbons (Fsp3) is 0.462. The molecule has 2 heterocycles. The van der Waals surface area contributed by atoms with E-state index in [9.17, 15) is 9.59 Å². The summed E-state index contributed by atoms with van der Waals surface area (Å²) in [5.74, 6) is -1.31. The molecule has 0 spiro atoms. The Bertz CT molecular complexity index is 1020. The van der Waals surface area contributed by atoms with E-state index in [1.54, 1.807) is 12.1 Å². The van der Waals surface area contributed by atoms with Crippen molar-refractivity contribution in [2.45, 2.75) is 45.1 Å². The maximum absolute atomic E-state index is 12.6. The normalized spacial score (nSPS) is 17.2. The molecule has 0 aliphatic carbocycles. The smallest absolute Gasteiger partial charge is 0.313 e. The monoisotopic (exact) mass is 468 g/mol. The van der Waals surface area contributed by atoms with Crippen LogP contribution in [0.4, 0.5) is 11.4 Å². The van der Waals surface area contributed by atoms with Gasteiger partial charge in [0.25, 0.3) is 0 Å². The van der Waals surface area contributed by atoms with Crippen LogP contribution in [0.2, 0.25) is 5.02 Å². The van der Waals surface area contributed by atoms with E-state index < -0.39 is 11.8 Å². The second-order valence-electron chi connectivity index (χ2n) is 9.15. The standard InChI is InChI=1S/C26H33ClN4O2/c1-18-8-10-21(16-22(18)27)29-26(33)25(32)28-17-24(31-13-4-3-5-14-31)20-9-11-23-19(15-20)7-6-12-30(23)2/h8-11,15-16,24H,3-7,12-14,17H2,1-2H3,(H,28,32)(H,29,33)/t24-/m1/s1. The fourth-order valence-corrected chi connectivity index (χ4v) is 5.01. The van der Waals surface area contributed by atoms with E-state index in [4.69, 9.17) is 11.6 Å². The first-order valence-electron chi connectivity index (χ1n) is 11.9. The number of carbonyl (C=O) groups is 2. The number of hydrogen-bond acceptors (Lipinski definition) is 4. The topological polar surface area (TPSA) is 64.7 Å². The molecule has 0 unspecified atom stereocenters. The molecule has 1 atom stereocenters. The molecule has 7 heteroatoms. The molecule has 1 fully saturated rings. The molecule has 2 amide bonds. The van der Waals surface area contributed by atoms with Gasteiger partial charge >= 0.3 is 11.8 Å². The molecular weight excluding hydrogens is 436 g/mol. The predicted octanol–water partition coefficient (Wildman–Crippen LogP) is 4.31. The summed E-state index contributed by atoms with van der Waals surface area (Å²) in [5, 5.41) is 6.07. The summed E-state index contributed by atoms with van der Waals surface area (Å²) in [4.78, 5) is 29.8. The highest BCUT2D eigenvalue weighted by Gasteiger charge is 2.26. The summed E-state index contributed by atoms with van der Waals surface area (Å²) in [6.07, 6.45) is 5.79. The second-order valence-corrected chi connectivity index (χ2v) is 9.56. The summed E-state index contributed by atoms with van der Waals surface area (Å²) in [6, 6.07) is 11.9. The highest BCUT2D eigenvalue weighted by Crippen LogP contribution is 2.31. The van der Waals surface area contributed by atoms with Crippen molar-refractivity contribution in [3.8, 4) is 0 Å². The maximum atomic E-state index is 12.6. The molecule has 6 nitrogen and oxygen atoms in total. The summed E-state index contributed by atoms with van der Waals surface area (Å²) in [7, 11) is 2.14. The van der Waals surface area contributed by atoms with E-state index in [-0.39, 0.29) is 6.04 Å². The molecule has 0 saturated carbocycles. The van der Waals surface area contributed by atoms with E-state index in [0.717, 1.165) is 50.9 Å². The molecule has 0 aromatic heterocycles. The molecule has 33 heavy (non-hydrogen) atoms. The van der Waals surface area contributed by atoms with Gasteiger partial charge in [-0.15, -0.1) is 0 Å². The van der Waals surface area contributed by atoms with Crippen LogP contribution >= 0.6 is 11.6 Å². The third-order valence-electron chi connectivity index (χ3n) is 6.76. The quantitative estimate of drug-likeness (QED) is 0.642. The van der Waals surface area contributed by atoms with Crippen LogP contribution < -0.4 is 15.5 Å². The van der Waals surface area contributed by atoms with Crippen molar-refractivity contribution in [2.24, 2.45) is 0 Å². The van der Waals surface area contributed by atoms with Crippen molar-refractivity contribution in [1.29, 1.82) is 0 Å². The zero-order valence-electron chi connectivity index (χ0n) is 19.5. The van der Waals surface area contributed by atoms with Gasteiger partial charge in [-0.05, 0) is 80.6 Å². The van der Waals surface area contributed by atoms with Gasteiger partial charge in [0.1, 0.15) is 0 Å². The van der Waals surface area contributed by atoms with Gasteiger partial charge in [-0.3, -0.25) is 14.5 Å². The Morgan fingerprint density at radius 3 is 2.55 bits per heavy atom. The van der Waals surface area contributed by atoms with Gasteiger partial charge in [0.15, 0.2) is 0 Å². The Balaban J connectivity index is 1.46. The Labute approximate surface area is 201 Å². The largest absolute Gasteiger partial charge is 0.374 e. The number of nitrogens with zero attached hydrogens (tertiary/aromatic N) is 2. The molecule has 2 aromatic rings. The van der Waals surface area contributed by atoms with E-state index in [1.807, 2.05) is 13.0 Å². The van der Waals surface area contributed by atoms with Crippen LogP contribution in [0.5, 0.6) is 0 Å². The average molecular weight is 469 g/mol. The Morgan fingerprint density at radius 2 is 1.79 bits per heavy atom. The fourth-order valence-electron chi connectivity index (χ4n) is 4.83. The van der Waals surface area contributed by atoms with Crippen molar-refractivity contribution < 1.29 is 9.59 Å². The van der Waals surface area contributed by atoms with Crippen molar-refractivity contribution in [1.82, 2.24) is 10.2 Å². The number of anilines is 2. The van der Waals surface area contributed by atoms with Crippen LogP contribution in [-0.2, 0) is 16.0 Å². The number of benzene rings is 2. The molecule has 0 radical (unpaired) electrons. The van der Waals surface area contributed by atoms with Gasteiger partial charge in [-0.2, -0.15) is 0 Å². The van der Waals surface area contributed by atoms with Crippen LogP contribution in [0.15, 0.2) is 36.4 Å². The van der Waals surface area contributed by atoms with Crippen LogP contribution in [0, 0.1) is 6.92 Å². The van der Waals surface area contributed by atoms with Crippen molar-refractivity contribution in [3.05, 3.63) is 58.1 Å². The lowest BCUT2D eigenvalue weighted by molar-refractivity contribution is -0.136. The minimum Gasteiger partial charge on any atom is -0.374 e. The van der Waals surface area contributed by atoms with Gasteiger partial charge in [-0.25, -0.2) is 0 Å². The Kier molecular flexibility index (Phi) is 7.56. The number of hydrogen-bond donors (Lipinski definition) is 2. The van der Waals surface area contributed by atoms with E-state index in [0.29, 0.717) is 17.3 Å². The number of halogens is 1.